The van der Waals surface area contributed by atoms with E-state index in [1.807, 2.05) is 29.6 Å². The van der Waals surface area contributed by atoms with Gasteiger partial charge in [-0.05, 0) is 53.2 Å². The Morgan fingerprint density at radius 1 is 1.05 bits per heavy atom. The third-order valence-corrected chi connectivity index (χ3v) is 3.93. The highest BCUT2D eigenvalue weighted by molar-refractivity contribution is 7.17. The molecule has 0 unspecified atom stereocenters. The molecule has 100 valence electrons. The number of carbonyl (C=O) groups excluding carboxylic acids is 1. The Morgan fingerprint density at radius 2 is 1.90 bits per heavy atom. The molecule has 0 bridgehead atoms. The average Bonchev–Trinajstić information content (AvgIpc) is 2.85. The molecule has 3 rings (SSSR count). The molecule has 4 nitrogen and oxygen atoms in total. The maximum atomic E-state index is 12.2. The molecule has 3 aromatic rings. The summed E-state index contributed by atoms with van der Waals surface area (Å²) in [5.41, 5.74) is 13.5. The number of nitrogens with one attached hydrogen (secondary N) is 1. The van der Waals surface area contributed by atoms with Crippen molar-refractivity contribution < 1.29 is 4.79 Å². The van der Waals surface area contributed by atoms with E-state index < -0.39 is 0 Å². The Bertz CT molecular complexity index is 795. The first kappa shape index (κ1) is 12.5. The van der Waals surface area contributed by atoms with Crippen LogP contribution >= 0.6 is 11.3 Å². The lowest BCUT2D eigenvalue weighted by Gasteiger charge is -2.08. The van der Waals surface area contributed by atoms with Crippen molar-refractivity contribution in [1.82, 2.24) is 0 Å². The predicted octanol–water partition coefficient (Wildman–Crippen LogP) is 3.32. The number of amides is 1. The summed E-state index contributed by atoms with van der Waals surface area (Å²) in [5, 5.41) is 5.98. The summed E-state index contributed by atoms with van der Waals surface area (Å²) in [6.45, 7) is 0. The lowest BCUT2D eigenvalue weighted by Crippen LogP contribution is -2.14. The quantitative estimate of drug-likeness (QED) is 0.631. The molecule has 5 heteroatoms. The fourth-order valence-corrected chi connectivity index (χ4v) is 2.80. The van der Waals surface area contributed by atoms with Crippen LogP contribution in [0.15, 0.2) is 47.8 Å². The van der Waals surface area contributed by atoms with Gasteiger partial charge in [0.25, 0.3) is 5.91 Å². The zero-order chi connectivity index (χ0) is 14.1. The maximum Gasteiger partial charge on any atom is 0.257 e. The molecule has 0 aliphatic heterocycles. The maximum absolute atomic E-state index is 12.2. The van der Waals surface area contributed by atoms with Crippen LogP contribution in [0.2, 0.25) is 0 Å². The van der Waals surface area contributed by atoms with Gasteiger partial charge in [0.1, 0.15) is 0 Å². The van der Waals surface area contributed by atoms with Crippen molar-refractivity contribution in [1.29, 1.82) is 0 Å². The van der Waals surface area contributed by atoms with Gasteiger partial charge in [-0.1, -0.05) is 0 Å². The highest BCUT2D eigenvalue weighted by Gasteiger charge is 2.10. The number of carbonyl (C=O) groups is 1. The van der Waals surface area contributed by atoms with E-state index in [1.165, 1.54) is 4.70 Å². The summed E-state index contributed by atoms with van der Waals surface area (Å²) in [4.78, 5) is 12.2. The Kier molecular flexibility index (Phi) is 3.04. The third-order valence-electron chi connectivity index (χ3n) is 3.03. The molecule has 0 saturated carbocycles. The first-order valence-corrected chi connectivity index (χ1v) is 6.95. The van der Waals surface area contributed by atoms with Crippen LogP contribution in [0.4, 0.5) is 17.1 Å². The van der Waals surface area contributed by atoms with E-state index in [1.54, 1.807) is 29.5 Å². The van der Waals surface area contributed by atoms with Crippen LogP contribution in [0, 0.1) is 0 Å². The van der Waals surface area contributed by atoms with Gasteiger partial charge in [-0.3, -0.25) is 4.79 Å². The van der Waals surface area contributed by atoms with Crippen molar-refractivity contribution in [3.8, 4) is 0 Å². The lowest BCUT2D eigenvalue weighted by molar-refractivity contribution is 0.102. The van der Waals surface area contributed by atoms with Crippen molar-refractivity contribution in [3.05, 3.63) is 53.4 Å². The largest absolute Gasteiger partial charge is 0.399 e. The summed E-state index contributed by atoms with van der Waals surface area (Å²) in [6, 6.07) is 12.7. The molecule has 0 radical (unpaired) electrons. The number of anilines is 3. The molecule has 0 atom stereocenters. The van der Waals surface area contributed by atoms with Crippen LogP contribution in [0.25, 0.3) is 10.1 Å². The SMILES string of the molecule is Nc1ccc(C(=O)Nc2ccc3sccc3c2)c(N)c1. The number of fused-ring (bicyclic) bond motifs is 1. The number of rotatable bonds is 2. The molecule has 1 heterocycles. The monoisotopic (exact) mass is 283 g/mol. The van der Waals surface area contributed by atoms with Gasteiger partial charge < -0.3 is 16.8 Å². The van der Waals surface area contributed by atoms with Gasteiger partial charge >= 0.3 is 0 Å². The number of hydrogen-bond acceptors (Lipinski definition) is 4. The average molecular weight is 283 g/mol. The normalized spacial score (nSPS) is 10.6. The van der Waals surface area contributed by atoms with Crippen molar-refractivity contribution in [2.45, 2.75) is 0 Å². The second-order valence-electron chi connectivity index (χ2n) is 4.47. The van der Waals surface area contributed by atoms with E-state index in [2.05, 4.69) is 5.32 Å². The molecule has 5 N–H and O–H groups in total. The fraction of sp³-hybridized carbons (Fsp3) is 0. The van der Waals surface area contributed by atoms with Crippen molar-refractivity contribution >= 4 is 44.4 Å². The van der Waals surface area contributed by atoms with Gasteiger partial charge in [-0.25, -0.2) is 0 Å². The van der Waals surface area contributed by atoms with E-state index in [4.69, 9.17) is 11.5 Å². The predicted molar refractivity (Wildman–Crippen MR) is 85.0 cm³/mol. The lowest BCUT2D eigenvalue weighted by atomic mass is 10.1. The first-order valence-electron chi connectivity index (χ1n) is 6.07. The van der Waals surface area contributed by atoms with Gasteiger partial charge in [0.15, 0.2) is 0 Å². The minimum atomic E-state index is -0.239. The summed E-state index contributed by atoms with van der Waals surface area (Å²) in [6.07, 6.45) is 0. The second-order valence-corrected chi connectivity index (χ2v) is 5.42. The van der Waals surface area contributed by atoms with E-state index in [9.17, 15) is 4.79 Å². The van der Waals surface area contributed by atoms with Crippen molar-refractivity contribution in [3.63, 3.8) is 0 Å². The van der Waals surface area contributed by atoms with Crippen molar-refractivity contribution in [2.24, 2.45) is 0 Å². The molecule has 1 aromatic heterocycles. The van der Waals surface area contributed by atoms with Crippen molar-refractivity contribution in [2.75, 3.05) is 16.8 Å². The minimum absolute atomic E-state index is 0.239. The fourth-order valence-electron chi connectivity index (χ4n) is 2.03. The van der Waals surface area contributed by atoms with E-state index in [-0.39, 0.29) is 5.91 Å². The van der Waals surface area contributed by atoms with Gasteiger partial charge in [-0.15, -0.1) is 11.3 Å². The molecule has 20 heavy (non-hydrogen) atoms. The van der Waals surface area contributed by atoms with Crippen LogP contribution in [-0.4, -0.2) is 5.91 Å². The van der Waals surface area contributed by atoms with Crippen LogP contribution < -0.4 is 16.8 Å². The number of nitrogen functional groups attached to an aromatic ring is 2. The molecule has 1 amide bonds. The topological polar surface area (TPSA) is 81.1 Å². The number of hydrogen-bond donors (Lipinski definition) is 3. The minimum Gasteiger partial charge on any atom is -0.399 e. The summed E-state index contributed by atoms with van der Waals surface area (Å²) in [5.74, 6) is -0.239. The summed E-state index contributed by atoms with van der Waals surface area (Å²) in [7, 11) is 0. The number of benzene rings is 2. The van der Waals surface area contributed by atoms with Crippen LogP contribution in [-0.2, 0) is 0 Å². The van der Waals surface area contributed by atoms with Gasteiger partial charge in [0, 0.05) is 21.8 Å². The molecule has 0 aliphatic rings. The molecule has 0 fully saturated rings. The van der Waals surface area contributed by atoms with E-state index in [0.717, 1.165) is 11.1 Å². The molecular formula is C15H13N3OS. The zero-order valence-electron chi connectivity index (χ0n) is 10.6. The van der Waals surface area contributed by atoms with Gasteiger partial charge in [-0.2, -0.15) is 0 Å². The van der Waals surface area contributed by atoms with Gasteiger partial charge in [0.05, 0.1) is 5.56 Å². The molecule has 0 saturated heterocycles. The van der Waals surface area contributed by atoms with E-state index in [0.29, 0.717) is 16.9 Å². The van der Waals surface area contributed by atoms with E-state index >= 15 is 0 Å². The third kappa shape index (κ3) is 2.31. The Labute approximate surface area is 120 Å². The highest BCUT2D eigenvalue weighted by atomic mass is 32.1. The summed E-state index contributed by atoms with van der Waals surface area (Å²) >= 11 is 1.67. The molecular weight excluding hydrogens is 270 g/mol. The van der Waals surface area contributed by atoms with Gasteiger partial charge in [0.2, 0.25) is 0 Å². The number of thiophene rings is 1. The van der Waals surface area contributed by atoms with Crippen LogP contribution in [0.3, 0.4) is 0 Å². The zero-order valence-corrected chi connectivity index (χ0v) is 11.4. The Morgan fingerprint density at radius 3 is 2.70 bits per heavy atom. The molecule has 0 spiro atoms. The number of nitrogens with two attached hydrogens (primary N) is 2. The smallest absolute Gasteiger partial charge is 0.257 e. The summed E-state index contributed by atoms with van der Waals surface area (Å²) < 4.78 is 1.19. The Balaban J connectivity index is 1.87. The van der Waals surface area contributed by atoms with Crippen LogP contribution in [0.5, 0.6) is 0 Å². The highest BCUT2D eigenvalue weighted by Crippen LogP contribution is 2.25. The second kappa shape index (κ2) is 4.86. The van der Waals surface area contributed by atoms with Crippen LogP contribution in [0.1, 0.15) is 10.4 Å². The molecule has 2 aromatic carbocycles. The first-order chi connectivity index (χ1) is 9.63. The Hall–Kier alpha value is -2.53. The standard InChI is InChI=1S/C15H13N3OS/c16-10-1-3-12(13(17)8-10)15(19)18-11-2-4-14-9(7-11)5-6-20-14/h1-8H,16-17H2,(H,18,19). The molecule has 0 aliphatic carbocycles.